The summed E-state index contributed by atoms with van der Waals surface area (Å²) in [6.45, 7) is 4.85. The third-order valence-electron chi connectivity index (χ3n) is 3.73. The van der Waals surface area contributed by atoms with E-state index in [1.54, 1.807) is 0 Å². The van der Waals surface area contributed by atoms with E-state index in [1.165, 1.54) is 0 Å². The van der Waals surface area contributed by atoms with Crippen molar-refractivity contribution in [2.75, 3.05) is 13.2 Å². The largest absolute Gasteiger partial charge is 0.466 e. The van der Waals surface area contributed by atoms with Crippen molar-refractivity contribution >= 4 is 35.1 Å². The molecule has 0 aromatic rings. The molecule has 0 aliphatic heterocycles. The van der Waals surface area contributed by atoms with E-state index in [4.69, 9.17) is 32.7 Å². The van der Waals surface area contributed by atoms with Crippen LogP contribution in [-0.2, 0) is 19.1 Å². The van der Waals surface area contributed by atoms with Gasteiger partial charge in [-0.15, -0.1) is 23.2 Å². The van der Waals surface area contributed by atoms with Crippen LogP contribution in [0, 0.1) is 0 Å². The van der Waals surface area contributed by atoms with Crippen molar-refractivity contribution in [3.05, 3.63) is 0 Å². The summed E-state index contributed by atoms with van der Waals surface area (Å²) in [6.07, 6.45) is 8.16. The minimum atomic E-state index is -0.207. The summed E-state index contributed by atoms with van der Waals surface area (Å²) in [5.41, 5.74) is 0. The lowest BCUT2D eigenvalue weighted by Gasteiger charge is -2.08. The van der Waals surface area contributed by atoms with Crippen LogP contribution in [0.4, 0.5) is 0 Å². The summed E-state index contributed by atoms with van der Waals surface area (Å²) in [6, 6.07) is 0. The molecular weight excluding hydrogens is 351 g/mol. The molecule has 2 unspecified atom stereocenters. The minimum absolute atomic E-state index is 0.121. The molecule has 0 rings (SSSR count). The fraction of sp³-hybridized carbons (Fsp3) is 0.889. The summed E-state index contributed by atoms with van der Waals surface area (Å²) in [5, 5.41) is -0.243. The highest BCUT2D eigenvalue weighted by molar-refractivity contribution is 6.21. The molecule has 0 saturated heterocycles. The van der Waals surface area contributed by atoms with Gasteiger partial charge < -0.3 is 9.47 Å². The molecule has 6 heteroatoms. The highest BCUT2D eigenvalue weighted by Gasteiger charge is 2.10. The highest BCUT2D eigenvalue weighted by Crippen LogP contribution is 2.10. The number of unbranched alkanes of at least 4 members (excludes halogenated alkanes) is 5. The van der Waals surface area contributed by atoms with Gasteiger partial charge >= 0.3 is 11.9 Å². The third kappa shape index (κ3) is 15.1. The lowest BCUT2D eigenvalue weighted by molar-refractivity contribution is -0.144. The van der Waals surface area contributed by atoms with Crippen molar-refractivity contribution in [1.29, 1.82) is 0 Å². The molecule has 0 fully saturated rings. The van der Waals surface area contributed by atoms with Crippen LogP contribution >= 0.6 is 23.2 Å². The van der Waals surface area contributed by atoms with E-state index in [1.807, 2.05) is 13.8 Å². The topological polar surface area (TPSA) is 52.6 Å². The molecule has 0 aliphatic rings. The number of alkyl halides is 2. The molecule has 0 heterocycles. The van der Waals surface area contributed by atoms with E-state index in [0.717, 1.165) is 51.4 Å². The third-order valence-corrected chi connectivity index (χ3v) is 4.65. The first kappa shape index (κ1) is 23.5. The number of esters is 2. The Morgan fingerprint density at radius 2 is 1.04 bits per heavy atom. The Bertz CT molecular complexity index is 305. The number of ether oxygens (including phenoxy) is 2. The summed E-state index contributed by atoms with van der Waals surface area (Å²) in [5.74, 6) is -0.415. The number of rotatable bonds is 15. The Kier molecular flexibility index (Phi) is 15.7. The van der Waals surface area contributed by atoms with Gasteiger partial charge in [-0.2, -0.15) is 0 Å². The molecule has 0 aromatic heterocycles. The number of hydrogen-bond acceptors (Lipinski definition) is 4. The molecule has 0 aliphatic carbocycles. The minimum Gasteiger partial charge on any atom is -0.466 e. The monoisotopic (exact) mass is 382 g/mol. The number of carbonyl (C=O) groups is 2. The average Bonchev–Trinajstić information content (AvgIpc) is 2.56. The normalized spacial score (nSPS) is 13.3. The molecule has 24 heavy (non-hydrogen) atoms. The van der Waals surface area contributed by atoms with E-state index in [9.17, 15) is 9.59 Å². The molecule has 4 nitrogen and oxygen atoms in total. The van der Waals surface area contributed by atoms with E-state index >= 15 is 0 Å². The molecule has 142 valence electrons. The molecule has 0 spiro atoms. The van der Waals surface area contributed by atoms with Crippen molar-refractivity contribution in [3.63, 3.8) is 0 Å². The van der Waals surface area contributed by atoms with Gasteiger partial charge in [-0.1, -0.05) is 39.5 Å². The fourth-order valence-corrected chi connectivity index (χ4v) is 2.30. The van der Waals surface area contributed by atoms with Gasteiger partial charge in [0, 0.05) is 10.8 Å². The van der Waals surface area contributed by atoms with Crippen LogP contribution in [0.15, 0.2) is 0 Å². The van der Waals surface area contributed by atoms with E-state index in [-0.39, 0.29) is 22.7 Å². The Labute approximate surface area is 156 Å². The average molecular weight is 383 g/mol. The molecule has 2 atom stereocenters. The molecule has 0 radical (unpaired) electrons. The van der Waals surface area contributed by atoms with Crippen LogP contribution < -0.4 is 0 Å². The highest BCUT2D eigenvalue weighted by atomic mass is 35.5. The van der Waals surface area contributed by atoms with Crippen molar-refractivity contribution in [2.45, 2.75) is 88.8 Å². The Balaban J connectivity index is 3.31. The lowest BCUT2D eigenvalue weighted by Crippen LogP contribution is -2.11. The van der Waals surface area contributed by atoms with Crippen LogP contribution in [0.1, 0.15) is 78.1 Å². The lowest BCUT2D eigenvalue weighted by atomic mass is 10.1. The quantitative estimate of drug-likeness (QED) is 0.221. The van der Waals surface area contributed by atoms with Crippen LogP contribution in [0.3, 0.4) is 0 Å². The van der Waals surface area contributed by atoms with E-state index < -0.39 is 0 Å². The van der Waals surface area contributed by atoms with Gasteiger partial charge in [-0.25, -0.2) is 0 Å². The van der Waals surface area contributed by atoms with Gasteiger partial charge in [0.2, 0.25) is 0 Å². The standard InChI is InChI=1S/C18H32Cl2O4/c1-3-15(19)13-17(21)23-11-9-7-5-6-8-10-12-24-18(22)14-16(20)4-2/h15-16H,3-14H2,1-2H3. The van der Waals surface area contributed by atoms with Gasteiger partial charge in [0.25, 0.3) is 0 Å². The predicted octanol–water partition coefficient (Wildman–Crippen LogP) is 5.23. The van der Waals surface area contributed by atoms with Gasteiger partial charge in [-0.3, -0.25) is 9.59 Å². The van der Waals surface area contributed by atoms with E-state index in [2.05, 4.69) is 0 Å². The van der Waals surface area contributed by atoms with Crippen LogP contribution in [0.2, 0.25) is 0 Å². The maximum Gasteiger partial charge on any atom is 0.307 e. The molecule has 0 amide bonds. The maximum absolute atomic E-state index is 11.4. The Morgan fingerprint density at radius 3 is 1.38 bits per heavy atom. The second-order valence-corrected chi connectivity index (χ2v) is 7.22. The zero-order valence-corrected chi connectivity index (χ0v) is 16.5. The van der Waals surface area contributed by atoms with Gasteiger partial charge in [0.05, 0.1) is 26.1 Å². The summed E-state index contributed by atoms with van der Waals surface area (Å²) in [4.78, 5) is 22.8. The van der Waals surface area contributed by atoms with Crippen LogP contribution in [-0.4, -0.2) is 35.9 Å². The SMILES string of the molecule is CCC(Cl)CC(=O)OCCCCCCCCOC(=O)CC(Cl)CC. The van der Waals surface area contributed by atoms with Crippen LogP contribution in [0.5, 0.6) is 0 Å². The maximum atomic E-state index is 11.4. The van der Waals surface area contributed by atoms with Gasteiger partial charge in [0.15, 0.2) is 0 Å². The molecule has 0 aromatic carbocycles. The number of halogens is 2. The van der Waals surface area contributed by atoms with Crippen molar-refractivity contribution < 1.29 is 19.1 Å². The summed E-state index contributed by atoms with van der Waals surface area (Å²) >= 11 is 11.8. The second-order valence-electron chi connectivity index (χ2n) is 5.98. The summed E-state index contributed by atoms with van der Waals surface area (Å²) in [7, 11) is 0. The predicted molar refractivity (Wildman–Crippen MR) is 98.7 cm³/mol. The molecule has 0 N–H and O–H groups in total. The van der Waals surface area contributed by atoms with Crippen molar-refractivity contribution in [2.24, 2.45) is 0 Å². The molecule has 0 bridgehead atoms. The fourth-order valence-electron chi connectivity index (χ4n) is 2.05. The Hall–Kier alpha value is -0.480. The number of hydrogen-bond donors (Lipinski definition) is 0. The van der Waals surface area contributed by atoms with Crippen molar-refractivity contribution in [1.82, 2.24) is 0 Å². The smallest absolute Gasteiger partial charge is 0.307 e. The van der Waals surface area contributed by atoms with E-state index in [0.29, 0.717) is 26.1 Å². The van der Waals surface area contributed by atoms with Crippen LogP contribution in [0.25, 0.3) is 0 Å². The first-order valence-electron chi connectivity index (χ1n) is 9.08. The zero-order chi connectivity index (χ0) is 18.2. The Morgan fingerprint density at radius 1 is 0.708 bits per heavy atom. The molecular formula is C18H32Cl2O4. The second kappa shape index (κ2) is 16.0. The van der Waals surface area contributed by atoms with Gasteiger partial charge in [0.1, 0.15) is 0 Å². The first-order chi connectivity index (χ1) is 11.5. The zero-order valence-electron chi connectivity index (χ0n) is 15.0. The number of carbonyl (C=O) groups excluding carboxylic acids is 2. The van der Waals surface area contributed by atoms with Crippen molar-refractivity contribution in [3.8, 4) is 0 Å². The van der Waals surface area contributed by atoms with Gasteiger partial charge in [-0.05, 0) is 25.7 Å². The molecule has 0 saturated carbocycles. The summed E-state index contributed by atoms with van der Waals surface area (Å²) < 4.78 is 10.3. The first-order valence-corrected chi connectivity index (χ1v) is 9.96.